The van der Waals surface area contributed by atoms with Gasteiger partial charge in [0, 0.05) is 17.0 Å². The van der Waals surface area contributed by atoms with Crippen molar-refractivity contribution in [3.8, 4) is 10.4 Å². The van der Waals surface area contributed by atoms with Gasteiger partial charge in [-0.1, -0.05) is 23.7 Å². The largest absolute Gasteiger partial charge is 0.480 e. The van der Waals surface area contributed by atoms with E-state index in [9.17, 15) is 9.59 Å². The van der Waals surface area contributed by atoms with Gasteiger partial charge in [-0.2, -0.15) is 0 Å². The fourth-order valence-electron chi connectivity index (χ4n) is 2.08. The van der Waals surface area contributed by atoms with Crippen molar-refractivity contribution in [2.45, 2.75) is 13.0 Å². The van der Waals surface area contributed by atoms with Gasteiger partial charge in [-0.05, 0) is 36.2 Å². The zero-order valence-corrected chi connectivity index (χ0v) is 14.2. The zero-order chi connectivity index (χ0) is 17.0. The van der Waals surface area contributed by atoms with E-state index in [4.69, 9.17) is 21.4 Å². The van der Waals surface area contributed by atoms with Crippen LogP contribution in [0.1, 0.15) is 15.2 Å². The molecule has 0 fully saturated rings. The van der Waals surface area contributed by atoms with E-state index < -0.39 is 17.9 Å². The molecule has 2 aromatic rings. The third-order valence-corrected chi connectivity index (χ3v) is 4.69. The number of hydrogen-bond donors (Lipinski definition) is 2. The minimum Gasteiger partial charge on any atom is -0.480 e. The van der Waals surface area contributed by atoms with E-state index in [1.807, 2.05) is 25.1 Å². The van der Waals surface area contributed by atoms with Crippen molar-refractivity contribution in [3.63, 3.8) is 0 Å². The molecule has 23 heavy (non-hydrogen) atoms. The van der Waals surface area contributed by atoms with E-state index in [0.717, 1.165) is 16.0 Å². The van der Waals surface area contributed by atoms with Gasteiger partial charge in [0.25, 0.3) is 5.91 Å². The molecule has 1 atom stereocenters. The zero-order valence-electron chi connectivity index (χ0n) is 12.6. The molecular weight excluding hydrogens is 338 g/mol. The number of methoxy groups -OCH3 is 1. The van der Waals surface area contributed by atoms with Crippen molar-refractivity contribution in [2.24, 2.45) is 0 Å². The quantitative estimate of drug-likeness (QED) is 0.836. The van der Waals surface area contributed by atoms with E-state index in [-0.39, 0.29) is 6.61 Å². The van der Waals surface area contributed by atoms with E-state index in [1.54, 1.807) is 12.1 Å². The molecule has 1 heterocycles. The molecule has 122 valence electrons. The van der Waals surface area contributed by atoms with Crippen LogP contribution in [-0.4, -0.2) is 36.7 Å². The maximum atomic E-state index is 12.3. The normalized spacial score (nSPS) is 12.0. The Balaban J connectivity index is 2.23. The minimum absolute atomic E-state index is 0.0907. The van der Waals surface area contributed by atoms with Crippen molar-refractivity contribution in [2.75, 3.05) is 13.7 Å². The van der Waals surface area contributed by atoms with Gasteiger partial charge in [-0.25, -0.2) is 4.79 Å². The van der Waals surface area contributed by atoms with Crippen molar-refractivity contribution >= 4 is 34.8 Å². The van der Waals surface area contributed by atoms with Crippen molar-refractivity contribution in [1.82, 2.24) is 5.32 Å². The van der Waals surface area contributed by atoms with Gasteiger partial charge in [-0.15, -0.1) is 11.3 Å². The second-order valence-corrected chi connectivity index (χ2v) is 6.44. The fourth-order valence-corrected chi connectivity index (χ4v) is 3.34. The van der Waals surface area contributed by atoms with E-state index in [0.29, 0.717) is 9.90 Å². The monoisotopic (exact) mass is 353 g/mol. The SMILES string of the molecule is COCC(NC(=O)c1cc(C)c(-c2cccc(Cl)c2)s1)C(=O)O. The lowest BCUT2D eigenvalue weighted by molar-refractivity contribution is -0.140. The molecule has 0 bridgehead atoms. The minimum atomic E-state index is -1.14. The maximum absolute atomic E-state index is 12.3. The molecular formula is C16H16ClNO4S. The summed E-state index contributed by atoms with van der Waals surface area (Å²) in [6.45, 7) is 1.81. The molecule has 2 rings (SSSR count). The summed E-state index contributed by atoms with van der Waals surface area (Å²) in [5.41, 5.74) is 1.85. The molecule has 0 spiro atoms. The number of benzene rings is 1. The Kier molecular flexibility index (Phi) is 5.76. The summed E-state index contributed by atoms with van der Waals surface area (Å²) in [5.74, 6) is -1.57. The average molecular weight is 354 g/mol. The molecule has 1 unspecified atom stereocenters. The van der Waals surface area contributed by atoms with E-state index in [1.165, 1.54) is 18.4 Å². The lowest BCUT2D eigenvalue weighted by Gasteiger charge is -2.12. The number of thiophene rings is 1. The first kappa shape index (κ1) is 17.5. The molecule has 0 radical (unpaired) electrons. The molecule has 1 amide bonds. The third kappa shape index (κ3) is 4.31. The van der Waals surface area contributed by atoms with Gasteiger partial charge in [0.15, 0.2) is 6.04 Å². The Labute approximate surface area is 142 Å². The maximum Gasteiger partial charge on any atom is 0.328 e. The van der Waals surface area contributed by atoms with Gasteiger partial charge >= 0.3 is 5.97 Å². The summed E-state index contributed by atoms with van der Waals surface area (Å²) in [7, 11) is 1.38. The predicted octanol–water partition coefficient (Wildman–Crippen LogP) is 3.21. The van der Waals surface area contributed by atoms with Crippen LogP contribution >= 0.6 is 22.9 Å². The topological polar surface area (TPSA) is 75.6 Å². The van der Waals surface area contributed by atoms with Crippen LogP contribution < -0.4 is 5.32 Å². The van der Waals surface area contributed by atoms with Crippen LogP contribution in [0.2, 0.25) is 5.02 Å². The number of nitrogens with one attached hydrogen (secondary N) is 1. The third-order valence-electron chi connectivity index (χ3n) is 3.17. The fraction of sp³-hybridized carbons (Fsp3) is 0.250. The summed E-state index contributed by atoms with van der Waals surface area (Å²) in [4.78, 5) is 24.7. The summed E-state index contributed by atoms with van der Waals surface area (Å²) >= 11 is 7.30. The molecule has 0 aliphatic carbocycles. The smallest absolute Gasteiger partial charge is 0.328 e. The number of rotatable bonds is 6. The predicted molar refractivity (Wildman–Crippen MR) is 90.3 cm³/mol. The number of hydrogen-bond acceptors (Lipinski definition) is 4. The van der Waals surface area contributed by atoms with Crippen molar-refractivity contribution in [3.05, 3.63) is 45.8 Å². The second-order valence-electron chi connectivity index (χ2n) is 4.95. The van der Waals surface area contributed by atoms with Crippen LogP contribution in [0, 0.1) is 6.92 Å². The molecule has 2 N–H and O–H groups in total. The standard InChI is InChI=1S/C16H16ClNO4S/c1-9-6-13(15(19)18-12(8-22-2)16(20)21)23-14(9)10-4-3-5-11(17)7-10/h3-7,12H,8H2,1-2H3,(H,18,19)(H,20,21). The van der Waals surface area contributed by atoms with Crippen LogP contribution in [0.4, 0.5) is 0 Å². The van der Waals surface area contributed by atoms with Crippen LogP contribution in [0.15, 0.2) is 30.3 Å². The summed E-state index contributed by atoms with van der Waals surface area (Å²) in [5, 5.41) is 12.1. The number of aliphatic carboxylic acids is 1. The number of ether oxygens (including phenoxy) is 1. The summed E-state index contributed by atoms with van der Waals surface area (Å²) in [6.07, 6.45) is 0. The molecule has 5 nitrogen and oxygen atoms in total. The highest BCUT2D eigenvalue weighted by Crippen LogP contribution is 2.33. The number of amides is 1. The van der Waals surface area contributed by atoms with Crippen LogP contribution in [0.25, 0.3) is 10.4 Å². The van der Waals surface area contributed by atoms with Crippen molar-refractivity contribution in [1.29, 1.82) is 0 Å². The lowest BCUT2D eigenvalue weighted by atomic mass is 10.1. The first-order chi connectivity index (χ1) is 10.9. The van der Waals surface area contributed by atoms with Gasteiger partial charge in [0.2, 0.25) is 0 Å². The van der Waals surface area contributed by atoms with Gasteiger partial charge < -0.3 is 15.2 Å². The highest BCUT2D eigenvalue weighted by Gasteiger charge is 2.22. The number of carboxylic acids is 1. The lowest BCUT2D eigenvalue weighted by Crippen LogP contribution is -2.43. The molecule has 0 aliphatic rings. The average Bonchev–Trinajstić information content (AvgIpc) is 2.88. The molecule has 1 aromatic heterocycles. The number of halogens is 1. The van der Waals surface area contributed by atoms with E-state index in [2.05, 4.69) is 5.32 Å². The number of carbonyl (C=O) groups is 2. The number of carboxylic acid groups (broad SMARTS) is 1. The van der Waals surface area contributed by atoms with Gasteiger partial charge in [0.05, 0.1) is 11.5 Å². The van der Waals surface area contributed by atoms with Crippen molar-refractivity contribution < 1.29 is 19.4 Å². The Hall–Kier alpha value is -1.89. The molecule has 0 saturated carbocycles. The molecule has 1 aromatic carbocycles. The molecule has 0 aliphatic heterocycles. The van der Waals surface area contributed by atoms with E-state index >= 15 is 0 Å². The highest BCUT2D eigenvalue weighted by atomic mass is 35.5. The number of carbonyl (C=O) groups excluding carboxylic acids is 1. The Morgan fingerprint density at radius 2 is 2.13 bits per heavy atom. The van der Waals surface area contributed by atoms with Gasteiger partial charge in [-0.3, -0.25) is 4.79 Å². The first-order valence-electron chi connectivity index (χ1n) is 6.81. The second kappa shape index (κ2) is 7.59. The van der Waals surface area contributed by atoms with Gasteiger partial charge in [0.1, 0.15) is 0 Å². The summed E-state index contributed by atoms with van der Waals surface area (Å²) in [6, 6.07) is 8.02. The summed E-state index contributed by atoms with van der Waals surface area (Å²) < 4.78 is 4.81. The Morgan fingerprint density at radius 1 is 1.39 bits per heavy atom. The van der Waals surface area contributed by atoms with Crippen LogP contribution in [0.3, 0.4) is 0 Å². The Morgan fingerprint density at radius 3 is 2.74 bits per heavy atom. The van der Waals surface area contributed by atoms with Crippen LogP contribution in [0.5, 0.6) is 0 Å². The number of aryl methyl sites for hydroxylation is 1. The Bertz CT molecular complexity index is 729. The first-order valence-corrected chi connectivity index (χ1v) is 8.00. The molecule has 0 saturated heterocycles. The highest BCUT2D eigenvalue weighted by molar-refractivity contribution is 7.17. The van der Waals surface area contributed by atoms with Crippen LogP contribution in [-0.2, 0) is 9.53 Å². The molecule has 7 heteroatoms.